The first-order valence-corrected chi connectivity index (χ1v) is 6.00. The molecule has 0 aromatic heterocycles. The molecule has 0 aliphatic heterocycles. The standard InChI is InChI=1S/C13H20ClNO/c1-10-7-12(5-6-15(3)9-14)13(16-4)8-11(10)2/h7-8H,5-6,9H2,1-4H3. The molecule has 1 aromatic carbocycles. The average Bonchev–Trinajstić information content (AvgIpc) is 2.29. The quantitative estimate of drug-likeness (QED) is 0.581. The second-order valence-electron chi connectivity index (χ2n) is 4.20. The van der Waals surface area contributed by atoms with Crippen molar-refractivity contribution in [1.82, 2.24) is 4.90 Å². The molecule has 0 unspecified atom stereocenters. The van der Waals surface area contributed by atoms with Crippen LogP contribution in [0.5, 0.6) is 5.75 Å². The van der Waals surface area contributed by atoms with E-state index in [1.807, 2.05) is 7.05 Å². The van der Waals surface area contributed by atoms with Crippen molar-refractivity contribution in [2.24, 2.45) is 0 Å². The lowest BCUT2D eigenvalue weighted by atomic mass is 10.0. The topological polar surface area (TPSA) is 12.5 Å². The van der Waals surface area contributed by atoms with E-state index < -0.39 is 0 Å². The molecule has 16 heavy (non-hydrogen) atoms. The van der Waals surface area contributed by atoms with Crippen molar-refractivity contribution < 1.29 is 4.74 Å². The van der Waals surface area contributed by atoms with Gasteiger partial charge in [-0.2, -0.15) is 0 Å². The Labute approximate surface area is 103 Å². The Morgan fingerprint density at radius 1 is 1.25 bits per heavy atom. The third-order valence-electron chi connectivity index (χ3n) is 2.86. The summed E-state index contributed by atoms with van der Waals surface area (Å²) in [4.78, 5) is 2.08. The van der Waals surface area contributed by atoms with Gasteiger partial charge in [-0.05, 0) is 50.1 Å². The SMILES string of the molecule is COc1cc(C)c(C)cc1CCN(C)CCl. The highest BCUT2D eigenvalue weighted by Crippen LogP contribution is 2.23. The van der Waals surface area contributed by atoms with Crippen molar-refractivity contribution in [3.8, 4) is 5.75 Å². The molecule has 0 amide bonds. The monoisotopic (exact) mass is 241 g/mol. The third-order valence-corrected chi connectivity index (χ3v) is 3.27. The second-order valence-corrected chi connectivity index (χ2v) is 4.44. The van der Waals surface area contributed by atoms with E-state index >= 15 is 0 Å². The molecule has 0 saturated carbocycles. The lowest BCUT2D eigenvalue weighted by Crippen LogP contribution is -2.19. The van der Waals surface area contributed by atoms with E-state index in [2.05, 4.69) is 30.9 Å². The molecule has 0 atom stereocenters. The highest BCUT2D eigenvalue weighted by atomic mass is 35.5. The first-order valence-electron chi connectivity index (χ1n) is 5.47. The molecule has 0 spiro atoms. The zero-order chi connectivity index (χ0) is 12.1. The Morgan fingerprint density at radius 3 is 2.44 bits per heavy atom. The van der Waals surface area contributed by atoms with Crippen molar-refractivity contribution in [1.29, 1.82) is 0 Å². The van der Waals surface area contributed by atoms with E-state index in [1.165, 1.54) is 16.7 Å². The van der Waals surface area contributed by atoms with Crippen LogP contribution in [0.1, 0.15) is 16.7 Å². The van der Waals surface area contributed by atoms with E-state index in [9.17, 15) is 0 Å². The Morgan fingerprint density at radius 2 is 1.88 bits per heavy atom. The number of hydrogen-bond donors (Lipinski definition) is 0. The van der Waals surface area contributed by atoms with Crippen molar-refractivity contribution in [3.05, 3.63) is 28.8 Å². The molecular weight excluding hydrogens is 222 g/mol. The zero-order valence-corrected chi connectivity index (χ0v) is 11.3. The van der Waals surface area contributed by atoms with Crippen LogP contribution in [0.4, 0.5) is 0 Å². The van der Waals surface area contributed by atoms with Gasteiger partial charge >= 0.3 is 0 Å². The maximum absolute atomic E-state index is 5.74. The molecule has 0 saturated heterocycles. The highest BCUT2D eigenvalue weighted by molar-refractivity contribution is 6.17. The Bertz CT molecular complexity index is 352. The number of halogens is 1. The minimum Gasteiger partial charge on any atom is -0.496 e. The van der Waals surface area contributed by atoms with Crippen LogP contribution in [0.3, 0.4) is 0 Å². The van der Waals surface area contributed by atoms with Crippen LogP contribution >= 0.6 is 11.6 Å². The van der Waals surface area contributed by atoms with Crippen molar-refractivity contribution in [2.45, 2.75) is 20.3 Å². The van der Waals surface area contributed by atoms with E-state index in [1.54, 1.807) is 7.11 Å². The maximum atomic E-state index is 5.74. The molecule has 0 aliphatic rings. The molecule has 0 heterocycles. The summed E-state index contributed by atoms with van der Waals surface area (Å²) in [5.74, 6) is 0.978. The number of nitrogens with zero attached hydrogens (tertiary/aromatic N) is 1. The van der Waals surface area contributed by atoms with Crippen molar-refractivity contribution in [2.75, 3.05) is 26.7 Å². The summed E-state index contributed by atoms with van der Waals surface area (Å²) in [6.07, 6.45) is 0.966. The van der Waals surface area contributed by atoms with Gasteiger partial charge in [-0.3, -0.25) is 4.90 Å². The first-order chi connectivity index (χ1) is 7.58. The normalized spacial score (nSPS) is 10.9. The van der Waals surface area contributed by atoms with Gasteiger partial charge in [0.05, 0.1) is 13.1 Å². The lowest BCUT2D eigenvalue weighted by Gasteiger charge is -2.15. The molecule has 3 heteroatoms. The van der Waals surface area contributed by atoms with E-state index in [4.69, 9.17) is 16.3 Å². The lowest BCUT2D eigenvalue weighted by molar-refractivity contribution is 0.381. The third kappa shape index (κ3) is 3.39. The van der Waals surface area contributed by atoms with Gasteiger partial charge in [0.25, 0.3) is 0 Å². The average molecular weight is 242 g/mol. The Kier molecular flexibility index (Phi) is 5.10. The van der Waals surface area contributed by atoms with Crippen LogP contribution in [-0.2, 0) is 6.42 Å². The number of aryl methyl sites for hydroxylation is 2. The maximum Gasteiger partial charge on any atom is 0.122 e. The summed E-state index contributed by atoms with van der Waals surface area (Å²) in [5.41, 5.74) is 3.83. The van der Waals surface area contributed by atoms with Crippen LogP contribution < -0.4 is 4.74 Å². The number of methoxy groups -OCH3 is 1. The molecule has 0 bridgehead atoms. The van der Waals surface area contributed by atoms with Gasteiger partial charge in [-0.15, -0.1) is 11.6 Å². The van der Waals surface area contributed by atoms with Crippen molar-refractivity contribution >= 4 is 11.6 Å². The Balaban J connectivity index is 2.81. The summed E-state index contributed by atoms with van der Waals surface area (Å²) >= 11 is 5.74. The number of likely N-dealkylation sites (N-methyl/N-ethyl adjacent to an activating group) is 1. The van der Waals surface area contributed by atoms with Crippen LogP contribution in [0.2, 0.25) is 0 Å². The second kappa shape index (κ2) is 6.12. The first kappa shape index (κ1) is 13.3. The fourth-order valence-corrected chi connectivity index (χ4v) is 1.73. The van der Waals surface area contributed by atoms with E-state index in [-0.39, 0.29) is 0 Å². The van der Waals surface area contributed by atoms with Gasteiger partial charge in [-0.1, -0.05) is 6.07 Å². The van der Waals surface area contributed by atoms with Gasteiger partial charge in [-0.25, -0.2) is 0 Å². The van der Waals surface area contributed by atoms with E-state index in [0.717, 1.165) is 18.7 Å². The van der Waals surface area contributed by atoms with Crippen molar-refractivity contribution in [3.63, 3.8) is 0 Å². The highest BCUT2D eigenvalue weighted by Gasteiger charge is 2.06. The zero-order valence-electron chi connectivity index (χ0n) is 10.5. The molecule has 1 aromatic rings. The minimum absolute atomic E-state index is 0.563. The van der Waals surface area contributed by atoms with Gasteiger partial charge in [0, 0.05) is 6.54 Å². The largest absolute Gasteiger partial charge is 0.496 e. The predicted molar refractivity (Wildman–Crippen MR) is 69.5 cm³/mol. The van der Waals surface area contributed by atoms with Crippen LogP contribution in [0.25, 0.3) is 0 Å². The molecule has 1 rings (SSSR count). The van der Waals surface area contributed by atoms with Crippen LogP contribution in [0.15, 0.2) is 12.1 Å². The number of hydrogen-bond acceptors (Lipinski definition) is 2. The summed E-state index contributed by atoms with van der Waals surface area (Å²) < 4.78 is 5.40. The fraction of sp³-hybridized carbons (Fsp3) is 0.538. The minimum atomic E-state index is 0.563. The summed E-state index contributed by atoms with van der Waals surface area (Å²) in [6.45, 7) is 5.18. The molecule has 0 radical (unpaired) electrons. The summed E-state index contributed by atoms with van der Waals surface area (Å²) in [7, 11) is 3.74. The summed E-state index contributed by atoms with van der Waals surface area (Å²) in [6, 6.07) is 4.87. The number of alkyl halides is 1. The van der Waals surface area contributed by atoms with Gasteiger partial charge in [0.15, 0.2) is 0 Å². The van der Waals surface area contributed by atoms with Gasteiger partial charge in [0.2, 0.25) is 0 Å². The Hall–Kier alpha value is -0.730. The summed E-state index contributed by atoms with van der Waals surface area (Å²) in [5, 5.41) is 0. The smallest absolute Gasteiger partial charge is 0.122 e. The van der Waals surface area contributed by atoms with Gasteiger partial charge in [0.1, 0.15) is 5.75 Å². The van der Waals surface area contributed by atoms with E-state index in [0.29, 0.717) is 6.00 Å². The van der Waals surface area contributed by atoms with Gasteiger partial charge < -0.3 is 4.74 Å². The number of benzene rings is 1. The predicted octanol–water partition coefficient (Wildman–Crippen LogP) is 2.98. The number of ether oxygens (including phenoxy) is 1. The molecule has 2 nitrogen and oxygen atoms in total. The van der Waals surface area contributed by atoms with Crippen LogP contribution in [-0.4, -0.2) is 31.6 Å². The molecule has 0 N–H and O–H groups in total. The molecule has 0 aliphatic carbocycles. The molecule has 0 fully saturated rings. The number of rotatable bonds is 5. The molecule has 90 valence electrons. The van der Waals surface area contributed by atoms with Crippen LogP contribution in [0, 0.1) is 13.8 Å². The molecular formula is C13H20ClNO. The fourth-order valence-electron chi connectivity index (χ4n) is 1.61.